The first kappa shape index (κ1) is 13.5. The Kier molecular flexibility index (Phi) is 3.67. The van der Waals surface area contributed by atoms with E-state index in [-0.39, 0.29) is 11.9 Å². The summed E-state index contributed by atoms with van der Waals surface area (Å²) in [6, 6.07) is 4.99. The highest BCUT2D eigenvalue weighted by atomic mass is 79.9. The second-order valence-electron chi connectivity index (χ2n) is 4.89. The van der Waals surface area contributed by atoms with Crippen molar-refractivity contribution in [2.45, 2.75) is 12.5 Å². The van der Waals surface area contributed by atoms with Crippen molar-refractivity contribution in [3.8, 4) is 11.1 Å². The highest BCUT2D eigenvalue weighted by molar-refractivity contribution is 9.10. The molecule has 20 heavy (non-hydrogen) atoms. The van der Waals surface area contributed by atoms with Crippen molar-refractivity contribution in [1.29, 1.82) is 0 Å². The molecule has 1 aliphatic rings. The van der Waals surface area contributed by atoms with Gasteiger partial charge >= 0.3 is 0 Å². The topological polar surface area (TPSA) is 55.0 Å². The number of anilines is 1. The van der Waals surface area contributed by atoms with Crippen LogP contribution in [0.1, 0.15) is 6.42 Å². The van der Waals surface area contributed by atoms with Crippen LogP contribution in [-0.2, 0) is 0 Å². The number of benzene rings is 1. The number of hydrogen-bond donors (Lipinski definition) is 1. The first-order valence-corrected chi connectivity index (χ1v) is 7.21. The summed E-state index contributed by atoms with van der Waals surface area (Å²) in [7, 11) is 0. The van der Waals surface area contributed by atoms with E-state index in [0.717, 1.165) is 24.0 Å². The minimum absolute atomic E-state index is 0.181. The maximum absolute atomic E-state index is 13.8. The SMILES string of the molecule is NC1CCN(c2ncc(-c3cc(Br)ccc3F)cn2)C1. The van der Waals surface area contributed by atoms with Gasteiger partial charge in [-0.3, -0.25) is 0 Å². The Morgan fingerprint density at radius 3 is 2.70 bits per heavy atom. The van der Waals surface area contributed by atoms with Crippen LogP contribution in [0.3, 0.4) is 0 Å². The van der Waals surface area contributed by atoms with Gasteiger partial charge in [0, 0.05) is 47.1 Å². The Hall–Kier alpha value is -1.53. The van der Waals surface area contributed by atoms with Gasteiger partial charge in [-0.05, 0) is 24.6 Å². The van der Waals surface area contributed by atoms with Gasteiger partial charge in [0.25, 0.3) is 0 Å². The quantitative estimate of drug-likeness (QED) is 0.915. The van der Waals surface area contributed by atoms with Gasteiger partial charge in [0.05, 0.1) is 0 Å². The van der Waals surface area contributed by atoms with E-state index in [2.05, 4.69) is 25.9 Å². The number of halogens is 2. The van der Waals surface area contributed by atoms with Crippen LogP contribution >= 0.6 is 15.9 Å². The van der Waals surface area contributed by atoms with Gasteiger partial charge in [0.15, 0.2) is 0 Å². The summed E-state index contributed by atoms with van der Waals surface area (Å²) in [6.45, 7) is 1.64. The molecule has 1 atom stereocenters. The average Bonchev–Trinajstić information content (AvgIpc) is 2.88. The number of rotatable bonds is 2. The summed E-state index contributed by atoms with van der Waals surface area (Å²) in [6.07, 6.45) is 4.25. The summed E-state index contributed by atoms with van der Waals surface area (Å²) >= 11 is 3.34. The van der Waals surface area contributed by atoms with E-state index < -0.39 is 0 Å². The van der Waals surface area contributed by atoms with E-state index in [9.17, 15) is 4.39 Å². The molecule has 2 heterocycles. The monoisotopic (exact) mass is 336 g/mol. The minimum atomic E-state index is -0.284. The molecule has 3 rings (SSSR count). The number of hydrogen-bond acceptors (Lipinski definition) is 4. The fraction of sp³-hybridized carbons (Fsp3) is 0.286. The van der Waals surface area contributed by atoms with E-state index in [0.29, 0.717) is 17.1 Å². The smallest absolute Gasteiger partial charge is 0.225 e. The van der Waals surface area contributed by atoms with Crippen molar-refractivity contribution < 1.29 is 4.39 Å². The molecule has 2 N–H and O–H groups in total. The van der Waals surface area contributed by atoms with Crippen LogP contribution in [0, 0.1) is 5.82 Å². The first-order chi connectivity index (χ1) is 9.63. The third-order valence-electron chi connectivity index (χ3n) is 3.39. The van der Waals surface area contributed by atoms with Gasteiger partial charge in [-0.25, -0.2) is 14.4 Å². The van der Waals surface area contributed by atoms with E-state index >= 15 is 0 Å². The van der Waals surface area contributed by atoms with Crippen LogP contribution in [0.5, 0.6) is 0 Å². The molecule has 1 aliphatic heterocycles. The van der Waals surface area contributed by atoms with Crippen LogP contribution in [0.25, 0.3) is 11.1 Å². The molecule has 0 aliphatic carbocycles. The van der Waals surface area contributed by atoms with E-state index in [1.807, 2.05) is 4.90 Å². The lowest BCUT2D eigenvalue weighted by molar-refractivity contribution is 0.631. The fourth-order valence-corrected chi connectivity index (χ4v) is 2.67. The Bertz CT molecular complexity index is 617. The molecule has 104 valence electrons. The third-order valence-corrected chi connectivity index (χ3v) is 3.88. The van der Waals surface area contributed by atoms with Gasteiger partial charge in [0.2, 0.25) is 5.95 Å². The molecule has 1 unspecified atom stereocenters. The number of nitrogens with two attached hydrogens (primary N) is 1. The van der Waals surface area contributed by atoms with Gasteiger partial charge in [-0.1, -0.05) is 15.9 Å². The molecule has 6 heteroatoms. The zero-order valence-electron chi connectivity index (χ0n) is 10.8. The molecule has 1 aromatic heterocycles. The summed E-state index contributed by atoms with van der Waals surface area (Å²) in [5.74, 6) is 0.366. The zero-order chi connectivity index (χ0) is 14.1. The standard InChI is InChI=1S/C14H14BrFN4/c15-10-1-2-13(16)12(5-10)9-6-18-14(19-7-9)20-4-3-11(17)8-20/h1-2,5-7,11H,3-4,8,17H2. The maximum Gasteiger partial charge on any atom is 0.225 e. The molecule has 0 saturated carbocycles. The fourth-order valence-electron chi connectivity index (χ4n) is 2.31. The first-order valence-electron chi connectivity index (χ1n) is 6.41. The highest BCUT2D eigenvalue weighted by Gasteiger charge is 2.21. The molecule has 1 saturated heterocycles. The van der Waals surface area contributed by atoms with Gasteiger partial charge in [-0.15, -0.1) is 0 Å². The molecule has 4 nitrogen and oxygen atoms in total. The van der Waals surface area contributed by atoms with Crippen molar-refractivity contribution in [2.75, 3.05) is 18.0 Å². The molecule has 0 bridgehead atoms. The summed E-state index contributed by atoms with van der Waals surface area (Å²) in [5, 5.41) is 0. The maximum atomic E-state index is 13.8. The summed E-state index contributed by atoms with van der Waals surface area (Å²) in [5.41, 5.74) is 7.02. The van der Waals surface area contributed by atoms with Crippen molar-refractivity contribution in [3.05, 3.63) is 40.9 Å². The van der Waals surface area contributed by atoms with E-state index in [1.54, 1.807) is 24.5 Å². The normalized spacial score (nSPS) is 18.6. The van der Waals surface area contributed by atoms with Crippen molar-refractivity contribution in [3.63, 3.8) is 0 Å². The van der Waals surface area contributed by atoms with Gasteiger partial charge < -0.3 is 10.6 Å². The van der Waals surface area contributed by atoms with Crippen LogP contribution in [0.2, 0.25) is 0 Å². The van der Waals surface area contributed by atoms with Gasteiger partial charge in [-0.2, -0.15) is 0 Å². The Morgan fingerprint density at radius 1 is 1.30 bits per heavy atom. The largest absolute Gasteiger partial charge is 0.339 e. The zero-order valence-corrected chi connectivity index (χ0v) is 12.3. The van der Waals surface area contributed by atoms with Crippen molar-refractivity contribution in [2.24, 2.45) is 5.73 Å². The number of aromatic nitrogens is 2. The van der Waals surface area contributed by atoms with Crippen LogP contribution in [-0.4, -0.2) is 29.1 Å². The van der Waals surface area contributed by atoms with E-state index in [4.69, 9.17) is 5.73 Å². The molecule has 0 radical (unpaired) electrons. The second-order valence-corrected chi connectivity index (χ2v) is 5.81. The molecular weight excluding hydrogens is 323 g/mol. The summed E-state index contributed by atoms with van der Waals surface area (Å²) in [4.78, 5) is 10.7. The lowest BCUT2D eigenvalue weighted by Crippen LogP contribution is -2.27. The molecule has 2 aromatic rings. The van der Waals surface area contributed by atoms with Gasteiger partial charge in [0.1, 0.15) is 5.82 Å². The van der Waals surface area contributed by atoms with Crippen molar-refractivity contribution >= 4 is 21.9 Å². The predicted octanol–water partition coefficient (Wildman–Crippen LogP) is 2.58. The Morgan fingerprint density at radius 2 is 2.05 bits per heavy atom. The van der Waals surface area contributed by atoms with Crippen LogP contribution < -0.4 is 10.6 Å². The molecule has 1 aromatic carbocycles. The highest BCUT2D eigenvalue weighted by Crippen LogP contribution is 2.26. The third kappa shape index (κ3) is 2.66. The lowest BCUT2D eigenvalue weighted by Gasteiger charge is -2.15. The molecule has 0 spiro atoms. The van der Waals surface area contributed by atoms with Crippen molar-refractivity contribution in [1.82, 2.24) is 9.97 Å². The predicted molar refractivity (Wildman–Crippen MR) is 79.9 cm³/mol. The second kappa shape index (κ2) is 5.46. The lowest BCUT2D eigenvalue weighted by atomic mass is 10.1. The van der Waals surface area contributed by atoms with Crippen LogP contribution in [0.15, 0.2) is 35.1 Å². The molecular formula is C14H14BrFN4. The minimum Gasteiger partial charge on any atom is -0.339 e. The Labute approximate surface area is 125 Å². The molecule has 1 fully saturated rings. The summed E-state index contributed by atoms with van der Waals surface area (Å²) < 4.78 is 14.6. The average molecular weight is 337 g/mol. The van der Waals surface area contributed by atoms with E-state index in [1.165, 1.54) is 6.07 Å². The Balaban J connectivity index is 1.87. The number of nitrogens with zero attached hydrogens (tertiary/aromatic N) is 3. The van der Waals surface area contributed by atoms with Crippen LogP contribution in [0.4, 0.5) is 10.3 Å². The molecule has 0 amide bonds.